The number of likely N-dealkylation sites (tertiary alicyclic amines) is 2. The van der Waals surface area contributed by atoms with Crippen molar-refractivity contribution in [2.75, 3.05) is 19.6 Å². The van der Waals surface area contributed by atoms with Gasteiger partial charge in [0.25, 0.3) is 5.56 Å². The summed E-state index contributed by atoms with van der Waals surface area (Å²) in [5, 5.41) is 10.8. The molecule has 36 heavy (non-hydrogen) atoms. The molecule has 0 amide bonds. The predicted octanol–water partition coefficient (Wildman–Crippen LogP) is 3.27. The van der Waals surface area contributed by atoms with Gasteiger partial charge >= 0.3 is 0 Å². The number of piperidine rings is 1. The highest BCUT2D eigenvalue weighted by molar-refractivity contribution is 5.30. The minimum absolute atomic E-state index is 0.101. The molecule has 5 heterocycles. The monoisotopic (exact) mass is 492 g/mol. The van der Waals surface area contributed by atoms with Gasteiger partial charge in [0.15, 0.2) is 5.75 Å². The molecule has 4 atom stereocenters. The highest BCUT2D eigenvalue weighted by Gasteiger charge is 2.49. The van der Waals surface area contributed by atoms with E-state index in [1.54, 1.807) is 12.1 Å². The molecule has 2 saturated heterocycles. The Morgan fingerprint density at radius 3 is 2.67 bits per heavy atom. The standard InChI is InChI=1S/C29H40N4O3/c1-28(2)10-22-11-29(3,17-28)18-32(22)16-24-27(36)25(34)9-21(30(24)4)15-31-12-19-8-20(14-31)23-6-5-7-26(35)33(23)13-19/h5-7,9,19-20,22,36H,8,10-18H2,1-4H3/t19-,20+,22-,29-/m0/s1. The van der Waals surface area contributed by atoms with E-state index in [9.17, 15) is 14.7 Å². The van der Waals surface area contributed by atoms with Crippen LogP contribution in [0.25, 0.3) is 0 Å². The molecule has 2 aromatic rings. The van der Waals surface area contributed by atoms with Crippen molar-refractivity contribution in [1.82, 2.24) is 18.9 Å². The Kier molecular flexibility index (Phi) is 5.54. The molecule has 0 aromatic carbocycles. The van der Waals surface area contributed by atoms with Gasteiger partial charge in [-0.2, -0.15) is 0 Å². The maximum absolute atomic E-state index is 12.9. The minimum Gasteiger partial charge on any atom is -0.503 e. The largest absolute Gasteiger partial charge is 0.503 e. The van der Waals surface area contributed by atoms with E-state index in [0.29, 0.717) is 41.8 Å². The molecule has 1 aliphatic carbocycles. The molecule has 0 radical (unpaired) electrons. The summed E-state index contributed by atoms with van der Waals surface area (Å²) >= 11 is 0. The number of hydrogen-bond donors (Lipinski definition) is 1. The topological polar surface area (TPSA) is 70.7 Å². The molecule has 4 aliphatic rings. The van der Waals surface area contributed by atoms with Crippen molar-refractivity contribution < 1.29 is 5.11 Å². The molecule has 7 nitrogen and oxygen atoms in total. The van der Waals surface area contributed by atoms with Crippen LogP contribution < -0.4 is 11.0 Å². The van der Waals surface area contributed by atoms with Crippen LogP contribution in [0.3, 0.4) is 0 Å². The quantitative estimate of drug-likeness (QED) is 0.710. The fourth-order valence-corrected chi connectivity index (χ4v) is 8.43. The second-order valence-corrected chi connectivity index (χ2v) is 13.4. The summed E-state index contributed by atoms with van der Waals surface area (Å²) in [7, 11) is 2.00. The van der Waals surface area contributed by atoms with Crippen molar-refractivity contribution in [3.05, 3.63) is 61.9 Å². The van der Waals surface area contributed by atoms with E-state index >= 15 is 0 Å². The van der Waals surface area contributed by atoms with Crippen molar-refractivity contribution in [2.45, 2.75) is 78.0 Å². The summed E-state index contributed by atoms with van der Waals surface area (Å²) in [5.74, 6) is 0.682. The zero-order valence-corrected chi connectivity index (χ0v) is 22.2. The van der Waals surface area contributed by atoms with Gasteiger partial charge in [-0.05, 0) is 48.5 Å². The van der Waals surface area contributed by atoms with Crippen molar-refractivity contribution in [1.29, 1.82) is 0 Å². The van der Waals surface area contributed by atoms with E-state index in [-0.39, 0.29) is 16.7 Å². The molecule has 4 bridgehead atoms. The second-order valence-electron chi connectivity index (χ2n) is 13.4. The van der Waals surface area contributed by atoms with Crippen LogP contribution in [0.15, 0.2) is 33.9 Å². The van der Waals surface area contributed by atoms with Crippen LogP contribution in [0.4, 0.5) is 0 Å². The molecular weight excluding hydrogens is 452 g/mol. The average molecular weight is 493 g/mol. The zero-order valence-electron chi connectivity index (χ0n) is 22.2. The van der Waals surface area contributed by atoms with E-state index < -0.39 is 0 Å². The lowest BCUT2D eigenvalue weighted by Gasteiger charge is -2.43. The summed E-state index contributed by atoms with van der Waals surface area (Å²) in [6, 6.07) is 7.74. The Bertz CT molecular complexity index is 1310. The third-order valence-corrected chi connectivity index (χ3v) is 9.46. The van der Waals surface area contributed by atoms with Crippen molar-refractivity contribution in [3.8, 4) is 5.75 Å². The van der Waals surface area contributed by atoms with Crippen LogP contribution in [-0.2, 0) is 26.7 Å². The van der Waals surface area contributed by atoms with Gasteiger partial charge in [-0.3, -0.25) is 19.4 Å². The lowest BCUT2D eigenvalue weighted by Crippen LogP contribution is -2.47. The first-order valence-electron chi connectivity index (χ1n) is 13.6. The Morgan fingerprint density at radius 2 is 1.86 bits per heavy atom. The van der Waals surface area contributed by atoms with Gasteiger partial charge in [-0.15, -0.1) is 0 Å². The number of aromatic nitrogens is 2. The van der Waals surface area contributed by atoms with Crippen LogP contribution in [0.2, 0.25) is 0 Å². The van der Waals surface area contributed by atoms with Gasteiger partial charge in [-0.25, -0.2) is 0 Å². The Balaban J connectivity index is 1.24. The molecule has 0 spiro atoms. The molecule has 7 heteroatoms. The molecule has 6 rings (SSSR count). The summed E-state index contributed by atoms with van der Waals surface area (Å²) in [6.45, 7) is 12.0. The van der Waals surface area contributed by atoms with Gasteiger partial charge in [0, 0.05) is 81.8 Å². The van der Waals surface area contributed by atoms with E-state index in [1.807, 2.05) is 17.7 Å². The first-order valence-corrected chi connectivity index (χ1v) is 13.6. The van der Waals surface area contributed by atoms with Crippen LogP contribution in [-0.4, -0.2) is 49.7 Å². The normalized spacial score (nSPS) is 31.4. The second kappa shape index (κ2) is 8.32. The van der Waals surface area contributed by atoms with Gasteiger partial charge in [0.2, 0.25) is 5.43 Å². The molecule has 3 aliphatic heterocycles. The first kappa shape index (κ1) is 24.0. The lowest BCUT2D eigenvalue weighted by molar-refractivity contribution is 0.111. The number of pyridine rings is 2. The number of rotatable bonds is 4. The van der Waals surface area contributed by atoms with Crippen molar-refractivity contribution in [3.63, 3.8) is 0 Å². The predicted molar refractivity (Wildman–Crippen MR) is 140 cm³/mol. The van der Waals surface area contributed by atoms with Crippen LogP contribution >= 0.6 is 0 Å². The molecule has 1 N–H and O–H groups in total. The van der Waals surface area contributed by atoms with Crippen LogP contribution in [0.1, 0.15) is 69.5 Å². The molecule has 194 valence electrons. The van der Waals surface area contributed by atoms with E-state index in [2.05, 4.69) is 41.2 Å². The maximum Gasteiger partial charge on any atom is 0.250 e. The minimum atomic E-state index is -0.277. The van der Waals surface area contributed by atoms with E-state index in [0.717, 1.165) is 56.1 Å². The van der Waals surface area contributed by atoms with Crippen molar-refractivity contribution in [2.24, 2.45) is 23.8 Å². The van der Waals surface area contributed by atoms with Crippen LogP contribution in [0.5, 0.6) is 5.75 Å². The highest BCUT2D eigenvalue weighted by Crippen LogP contribution is 2.52. The zero-order chi connectivity index (χ0) is 25.4. The molecule has 1 saturated carbocycles. The smallest absolute Gasteiger partial charge is 0.250 e. The fourth-order valence-electron chi connectivity index (χ4n) is 8.43. The maximum atomic E-state index is 12.9. The van der Waals surface area contributed by atoms with Crippen LogP contribution in [0, 0.1) is 16.7 Å². The van der Waals surface area contributed by atoms with Gasteiger partial charge < -0.3 is 14.2 Å². The first-order chi connectivity index (χ1) is 17.0. The number of fused-ring (bicyclic) bond motifs is 6. The van der Waals surface area contributed by atoms with E-state index in [1.165, 1.54) is 12.8 Å². The molecule has 3 fully saturated rings. The SMILES string of the molecule is Cn1c(CN2C[C@@H]3C[C@H](C2)c2cccc(=O)n2C3)cc(=O)c(O)c1CN1C[C@@]2(C)C[C@@H]1CC(C)(C)C2. The van der Waals surface area contributed by atoms with Crippen molar-refractivity contribution >= 4 is 0 Å². The summed E-state index contributed by atoms with van der Waals surface area (Å²) < 4.78 is 4.02. The third kappa shape index (κ3) is 4.14. The van der Waals surface area contributed by atoms with Gasteiger partial charge in [0.05, 0.1) is 5.69 Å². The lowest BCUT2D eigenvalue weighted by atomic mass is 9.65. The number of nitrogens with zero attached hydrogens (tertiary/aromatic N) is 4. The molecule has 2 aromatic heterocycles. The third-order valence-electron chi connectivity index (χ3n) is 9.46. The van der Waals surface area contributed by atoms with Gasteiger partial charge in [-0.1, -0.05) is 26.8 Å². The highest BCUT2D eigenvalue weighted by atomic mass is 16.3. The van der Waals surface area contributed by atoms with E-state index in [4.69, 9.17) is 0 Å². The average Bonchev–Trinajstić information content (AvgIpc) is 3.03. The summed E-state index contributed by atoms with van der Waals surface area (Å²) in [6.07, 6.45) is 4.71. The Labute approximate surface area is 213 Å². The number of aromatic hydroxyl groups is 1. The Hall–Kier alpha value is -2.38. The fraction of sp³-hybridized carbons (Fsp3) is 0.655. The Morgan fingerprint density at radius 1 is 1.06 bits per heavy atom. The summed E-state index contributed by atoms with van der Waals surface area (Å²) in [5.41, 5.74) is 3.29. The molecular formula is C29H40N4O3. The van der Waals surface area contributed by atoms with Gasteiger partial charge in [0.1, 0.15) is 0 Å². The number of hydrogen-bond acceptors (Lipinski definition) is 5. The molecule has 0 unspecified atom stereocenters. The summed E-state index contributed by atoms with van der Waals surface area (Å²) in [4.78, 5) is 30.2.